The molecule has 0 aliphatic carbocycles. The Labute approximate surface area is 172 Å². The minimum absolute atomic E-state index is 0.429. The number of amidine groups is 1. The molecule has 0 saturated carbocycles. The number of hydrogen-bond donors (Lipinski definition) is 1. The maximum atomic E-state index is 5.92. The van der Waals surface area contributed by atoms with Gasteiger partial charge in [-0.15, -0.1) is 5.10 Å². The van der Waals surface area contributed by atoms with Crippen molar-refractivity contribution in [3.05, 3.63) is 59.7 Å². The zero-order chi connectivity index (χ0) is 20.2. The summed E-state index contributed by atoms with van der Waals surface area (Å²) in [6, 6.07) is 15.9. The molecule has 0 saturated heterocycles. The van der Waals surface area contributed by atoms with E-state index in [0.29, 0.717) is 30.0 Å². The fourth-order valence-electron chi connectivity index (χ4n) is 2.31. The van der Waals surface area contributed by atoms with Gasteiger partial charge in [0, 0.05) is 5.75 Å². The lowest BCUT2D eigenvalue weighted by molar-refractivity contribution is 0.261. The van der Waals surface area contributed by atoms with Gasteiger partial charge in [-0.1, -0.05) is 55.9 Å². The van der Waals surface area contributed by atoms with Crippen molar-refractivity contribution in [1.82, 2.24) is 0 Å². The Morgan fingerprint density at radius 1 is 1.11 bits per heavy atom. The maximum absolute atomic E-state index is 5.92. The number of hydrogen-bond acceptors (Lipinski definition) is 5. The molecular weight excluding hydrogens is 370 g/mol. The predicted molar refractivity (Wildman–Crippen MR) is 120 cm³/mol. The van der Waals surface area contributed by atoms with Crippen LogP contribution in [0.1, 0.15) is 38.3 Å². The van der Waals surface area contributed by atoms with Crippen LogP contribution in [0, 0.1) is 5.92 Å². The van der Waals surface area contributed by atoms with Crippen LogP contribution < -0.4 is 15.2 Å². The van der Waals surface area contributed by atoms with Crippen molar-refractivity contribution in [2.75, 3.05) is 13.2 Å². The molecule has 0 atom stereocenters. The van der Waals surface area contributed by atoms with Crippen molar-refractivity contribution in [1.29, 1.82) is 0 Å². The van der Waals surface area contributed by atoms with Crippen LogP contribution in [0.4, 0.5) is 0 Å². The maximum Gasteiger partial charge on any atom is 0.180 e. The monoisotopic (exact) mass is 399 g/mol. The van der Waals surface area contributed by atoms with Crippen LogP contribution in [-0.4, -0.2) is 24.6 Å². The fourth-order valence-corrected chi connectivity index (χ4v) is 2.92. The highest BCUT2D eigenvalue weighted by Gasteiger charge is 2.06. The molecule has 0 aliphatic rings. The van der Waals surface area contributed by atoms with Crippen molar-refractivity contribution in [3.63, 3.8) is 0 Å². The molecule has 0 amide bonds. The van der Waals surface area contributed by atoms with E-state index in [1.165, 1.54) is 17.3 Å². The quantitative estimate of drug-likeness (QED) is 0.343. The highest BCUT2D eigenvalue weighted by molar-refractivity contribution is 8.13. The number of benzene rings is 2. The van der Waals surface area contributed by atoms with Crippen molar-refractivity contribution in [3.8, 4) is 11.5 Å². The van der Waals surface area contributed by atoms with Crippen LogP contribution in [0.25, 0.3) is 0 Å². The topological polar surface area (TPSA) is 69.2 Å². The first-order valence-corrected chi connectivity index (χ1v) is 10.5. The zero-order valence-electron chi connectivity index (χ0n) is 16.8. The Balaban J connectivity index is 1.94. The molecule has 6 heteroatoms. The van der Waals surface area contributed by atoms with Gasteiger partial charge in [0.25, 0.3) is 0 Å². The van der Waals surface area contributed by atoms with E-state index in [9.17, 15) is 0 Å². The highest BCUT2D eigenvalue weighted by Crippen LogP contribution is 2.28. The van der Waals surface area contributed by atoms with E-state index in [2.05, 4.69) is 36.2 Å². The van der Waals surface area contributed by atoms with Gasteiger partial charge in [0.1, 0.15) is 0 Å². The van der Waals surface area contributed by atoms with Gasteiger partial charge in [-0.3, -0.25) is 0 Å². The van der Waals surface area contributed by atoms with E-state index < -0.39 is 0 Å². The molecule has 0 spiro atoms. The lowest BCUT2D eigenvalue weighted by Gasteiger charge is -2.13. The van der Waals surface area contributed by atoms with Crippen LogP contribution in [-0.2, 0) is 5.75 Å². The van der Waals surface area contributed by atoms with E-state index in [-0.39, 0.29) is 0 Å². The first-order valence-electron chi connectivity index (χ1n) is 9.51. The third-order valence-corrected chi connectivity index (χ3v) is 4.67. The molecule has 0 heterocycles. The molecular formula is C22H29N3O2S. The van der Waals surface area contributed by atoms with E-state index >= 15 is 0 Å². The lowest BCUT2D eigenvalue weighted by Crippen LogP contribution is -2.06. The SMILES string of the molecule is CCOc1cc(C=NN=C(N)SCc2ccccc2)ccc1OCCC(C)C. The van der Waals surface area contributed by atoms with Gasteiger partial charge in [-0.25, -0.2) is 0 Å². The molecule has 2 rings (SSSR count). The zero-order valence-corrected chi connectivity index (χ0v) is 17.6. The second kappa shape index (κ2) is 12.1. The number of rotatable bonds is 10. The van der Waals surface area contributed by atoms with Gasteiger partial charge in [-0.05, 0) is 48.6 Å². The van der Waals surface area contributed by atoms with Crippen LogP contribution in [0.5, 0.6) is 11.5 Å². The van der Waals surface area contributed by atoms with Crippen LogP contribution in [0.2, 0.25) is 0 Å². The average Bonchev–Trinajstić information content (AvgIpc) is 2.69. The molecule has 150 valence electrons. The van der Waals surface area contributed by atoms with Gasteiger partial charge in [0.15, 0.2) is 16.7 Å². The average molecular weight is 400 g/mol. The smallest absolute Gasteiger partial charge is 0.180 e. The summed E-state index contributed by atoms with van der Waals surface area (Å²) >= 11 is 1.46. The van der Waals surface area contributed by atoms with E-state index in [1.807, 2.05) is 43.3 Å². The van der Waals surface area contributed by atoms with E-state index in [0.717, 1.165) is 23.5 Å². The second-order valence-electron chi connectivity index (χ2n) is 6.63. The summed E-state index contributed by atoms with van der Waals surface area (Å²) < 4.78 is 11.6. The summed E-state index contributed by atoms with van der Waals surface area (Å²) in [7, 11) is 0. The molecule has 0 aliphatic heterocycles. The van der Waals surface area contributed by atoms with Gasteiger partial charge in [0.05, 0.1) is 19.4 Å². The molecule has 2 aromatic rings. The Morgan fingerprint density at radius 2 is 1.89 bits per heavy atom. The summed E-state index contributed by atoms with van der Waals surface area (Å²) in [6.45, 7) is 7.55. The molecule has 0 bridgehead atoms. The largest absolute Gasteiger partial charge is 0.490 e. The normalized spacial score (nSPS) is 11.9. The summed E-state index contributed by atoms with van der Waals surface area (Å²) in [5.41, 5.74) is 8.00. The minimum Gasteiger partial charge on any atom is -0.490 e. The predicted octanol–water partition coefficient (Wildman–Crippen LogP) is 5.09. The van der Waals surface area contributed by atoms with E-state index in [1.54, 1.807) is 6.21 Å². The Bertz CT molecular complexity index is 777. The molecule has 2 N–H and O–H groups in total. The molecule has 0 fully saturated rings. The Hall–Kier alpha value is -2.47. The van der Waals surface area contributed by atoms with Crippen LogP contribution >= 0.6 is 11.8 Å². The summed E-state index contributed by atoms with van der Waals surface area (Å²) in [5, 5.41) is 8.58. The fraction of sp³-hybridized carbons (Fsp3) is 0.364. The van der Waals surface area contributed by atoms with Gasteiger partial charge in [-0.2, -0.15) is 5.10 Å². The number of nitrogens with zero attached hydrogens (tertiary/aromatic N) is 2. The summed E-state index contributed by atoms with van der Waals surface area (Å²) in [5.74, 6) is 2.83. The molecule has 5 nitrogen and oxygen atoms in total. The molecule has 0 unspecified atom stereocenters. The molecule has 0 aromatic heterocycles. The molecule has 2 aromatic carbocycles. The first kappa shape index (κ1) is 21.8. The highest BCUT2D eigenvalue weighted by atomic mass is 32.2. The Morgan fingerprint density at radius 3 is 2.61 bits per heavy atom. The third-order valence-electron chi connectivity index (χ3n) is 3.81. The Kier molecular flexibility index (Phi) is 9.42. The standard InChI is InChI=1S/C22H29N3O2S/c1-4-26-21-14-19(10-11-20(21)27-13-12-17(2)3)15-24-25-22(23)28-16-18-8-6-5-7-9-18/h5-11,14-15,17H,4,12-13,16H2,1-3H3,(H2,23,25). The number of ether oxygens (including phenoxy) is 2. The van der Waals surface area contributed by atoms with Gasteiger partial charge >= 0.3 is 0 Å². The first-order chi connectivity index (χ1) is 13.6. The van der Waals surface area contributed by atoms with Gasteiger partial charge in [0.2, 0.25) is 0 Å². The third kappa shape index (κ3) is 8.05. The lowest BCUT2D eigenvalue weighted by atomic mass is 10.1. The minimum atomic E-state index is 0.429. The van der Waals surface area contributed by atoms with Crippen molar-refractivity contribution < 1.29 is 9.47 Å². The van der Waals surface area contributed by atoms with Crippen molar-refractivity contribution in [2.45, 2.75) is 32.9 Å². The molecule has 0 radical (unpaired) electrons. The second-order valence-corrected chi connectivity index (χ2v) is 7.62. The number of thioether (sulfide) groups is 1. The van der Waals surface area contributed by atoms with E-state index in [4.69, 9.17) is 15.2 Å². The summed E-state index contributed by atoms with van der Waals surface area (Å²) in [6.07, 6.45) is 2.67. The van der Waals surface area contributed by atoms with Crippen LogP contribution in [0.15, 0.2) is 58.7 Å². The number of nitrogens with two attached hydrogens (primary N) is 1. The van der Waals surface area contributed by atoms with Crippen LogP contribution in [0.3, 0.4) is 0 Å². The van der Waals surface area contributed by atoms with Gasteiger partial charge < -0.3 is 15.2 Å². The van der Waals surface area contributed by atoms with Crippen molar-refractivity contribution in [2.24, 2.45) is 21.9 Å². The summed E-state index contributed by atoms with van der Waals surface area (Å²) in [4.78, 5) is 0. The van der Waals surface area contributed by atoms with Crippen molar-refractivity contribution >= 4 is 23.1 Å². The molecule has 28 heavy (non-hydrogen) atoms.